The molecular formula is C16H23N5. The van der Waals surface area contributed by atoms with Gasteiger partial charge in [-0.15, -0.1) is 0 Å². The molecule has 2 aromatic rings. The van der Waals surface area contributed by atoms with Crippen LogP contribution < -0.4 is 5.73 Å². The van der Waals surface area contributed by atoms with Crippen molar-refractivity contribution < 1.29 is 0 Å². The third-order valence-electron chi connectivity index (χ3n) is 4.38. The zero-order chi connectivity index (χ0) is 14.9. The van der Waals surface area contributed by atoms with Gasteiger partial charge in [0.25, 0.3) is 0 Å². The fourth-order valence-corrected chi connectivity index (χ4v) is 3.07. The Morgan fingerprint density at radius 2 is 2.10 bits per heavy atom. The molecule has 5 nitrogen and oxygen atoms in total. The average Bonchev–Trinajstić information content (AvgIpc) is 3.04. The van der Waals surface area contributed by atoms with E-state index in [-0.39, 0.29) is 5.41 Å². The van der Waals surface area contributed by atoms with E-state index in [1.54, 1.807) is 0 Å². The van der Waals surface area contributed by atoms with Gasteiger partial charge in [0.15, 0.2) is 0 Å². The molecule has 1 fully saturated rings. The molecule has 1 unspecified atom stereocenters. The molecule has 2 N–H and O–H groups in total. The van der Waals surface area contributed by atoms with E-state index < -0.39 is 0 Å². The van der Waals surface area contributed by atoms with Gasteiger partial charge in [-0.05, 0) is 37.1 Å². The van der Waals surface area contributed by atoms with Gasteiger partial charge < -0.3 is 5.73 Å². The maximum absolute atomic E-state index is 5.90. The largest absolute Gasteiger partial charge is 0.330 e. The second-order valence-corrected chi connectivity index (χ2v) is 6.39. The number of aromatic nitrogens is 3. The normalized spacial score (nSPS) is 22.8. The van der Waals surface area contributed by atoms with Crippen molar-refractivity contribution in [3.05, 3.63) is 36.3 Å². The maximum Gasteiger partial charge on any atom is 0.0969 e. The minimum Gasteiger partial charge on any atom is -0.330 e. The summed E-state index contributed by atoms with van der Waals surface area (Å²) in [5.74, 6) is 0. The maximum atomic E-state index is 5.90. The molecule has 112 valence electrons. The van der Waals surface area contributed by atoms with Gasteiger partial charge in [-0.25, -0.2) is 0 Å². The summed E-state index contributed by atoms with van der Waals surface area (Å²) in [5.41, 5.74) is 9.61. The Balaban J connectivity index is 1.81. The standard InChI is InChI=1S/C16H23N5/c1-16(11-17)5-8-21(12-16)10-14-9-20(2)19-15(14)13-3-6-18-7-4-13/h3-4,6-7,9H,5,8,10-12,17H2,1-2H3. The van der Waals surface area contributed by atoms with Crippen LogP contribution in [0, 0.1) is 5.41 Å². The number of rotatable bonds is 4. The predicted molar refractivity (Wildman–Crippen MR) is 83.5 cm³/mol. The Bertz CT molecular complexity index is 606. The molecule has 0 radical (unpaired) electrons. The van der Waals surface area contributed by atoms with Crippen LogP contribution in [0.1, 0.15) is 18.9 Å². The minimum absolute atomic E-state index is 0.263. The molecule has 0 bridgehead atoms. The Morgan fingerprint density at radius 3 is 2.76 bits per heavy atom. The molecule has 1 atom stereocenters. The highest BCUT2D eigenvalue weighted by molar-refractivity contribution is 5.61. The molecule has 0 amide bonds. The lowest BCUT2D eigenvalue weighted by molar-refractivity contribution is 0.274. The van der Waals surface area contributed by atoms with Crippen molar-refractivity contribution in [1.82, 2.24) is 19.7 Å². The van der Waals surface area contributed by atoms with E-state index in [2.05, 4.69) is 28.1 Å². The minimum atomic E-state index is 0.263. The van der Waals surface area contributed by atoms with Crippen LogP contribution in [-0.4, -0.2) is 39.3 Å². The first-order chi connectivity index (χ1) is 10.1. The summed E-state index contributed by atoms with van der Waals surface area (Å²) in [6.07, 6.45) is 6.92. The van der Waals surface area contributed by atoms with E-state index in [1.807, 2.05) is 36.3 Å². The first-order valence-electron chi connectivity index (χ1n) is 7.45. The van der Waals surface area contributed by atoms with Gasteiger partial charge in [-0.2, -0.15) is 5.10 Å². The molecular weight excluding hydrogens is 262 g/mol. The summed E-state index contributed by atoms with van der Waals surface area (Å²) in [5, 5.41) is 4.62. The molecule has 0 aliphatic carbocycles. The molecule has 0 spiro atoms. The van der Waals surface area contributed by atoms with Gasteiger partial charge in [0.2, 0.25) is 0 Å². The topological polar surface area (TPSA) is 60.0 Å². The number of pyridine rings is 1. The molecule has 2 aromatic heterocycles. The van der Waals surface area contributed by atoms with E-state index in [0.717, 1.165) is 37.4 Å². The van der Waals surface area contributed by atoms with Gasteiger partial charge >= 0.3 is 0 Å². The smallest absolute Gasteiger partial charge is 0.0969 e. The van der Waals surface area contributed by atoms with E-state index in [9.17, 15) is 0 Å². The Morgan fingerprint density at radius 1 is 1.33 bits per heavy atom. The first kappa shape index (κ1) is 14.2. The number of nitrogens with two attached hydrogens (primary N) is 1. The van der Waals surface area contributed by atoms with Crippen LogP contribution in [0.5, 0.6) is 0 Å². The summed E-state index contributed by atoms with van der Waals surface area (Å²) in [7, 11) is 1.97. The van der Waals surface area contributed by atoms with Crippen molar-refractivity contribution >= 4 is 0 Å². The molecule has 21 heavy (non-hydrogen) atoms. The first-order valence-corrected chi connectivity index (χ1v) is 7.45. The molecule has 1 aliphatic rings. The van der Waals surface area contributed by atoms with Crippen LogP contribution >= 0.6 is 0 Å². The van der Waals surface area contributed by atoms with Crippen LogP contribution in [0.4, 0.5) is 0 Å². The molecule has 1 saturated heterocycles. The number of hydrogen-bond donors (Lipinski definition) is 1. The molecule has 5 heteroatoms. The summed E-state index contributed by atoms with van der Waals surface area (Å²) < 4.78 is 1.89. The fourth-order valence-electron chi connectivity index (χ4n) is 3.07. The zero-order valence-corrected chi connectivity index (χ0v) is 12.8. The Hall–Kier alpha value is -1.72. The molecule has 3 rings (SSSR count). The van der Waals surface area contributed by atoms with Crippen LogP contribution in [0.2, 0.25) is 0 Å². The van der Waals surface area contributed by atoms with E-state index in [1.165, 1.54) is 12.0 Å². The van der Waals surface area contributed by atoms with E-state index >= 15 is 0 Å². The summed E-state index contributed by atoms with van der Waals surface area (Å²) in [6, 6.07) is 4.03. The summed E-state index contributed by atoms with van der Waals surface area (Å²) >= 11 is 0. The van der Waals surface area contributed by atoms with Gasteiger partial charge in [0, 0.05) is 49.9 Å². The summed E-state index contributed by atoms with van der Waals surface area (Å²) in [6.45, 7) is 6.14. The number of aryl methyl sites for hydroxylation is 1. The van der Waals surface area contributed by atoms with Crippen LogP contribution in [-0.2, 0) is 13.6 Å². The molecule has 0 saturated carbocycles. The lowest BCUT2D eigenvalue weighted by atomic mass is 9.90. The second-order valence-electron chi connectivity index (χ2n) is 6.39. The van der Waals surface area contributed by atoms with Gasteiger partial charge in [0.1, 0.15) is 0 Å². The average molecular weight is 285 g/mol. The van der Waals surface area contributed by atoms with Crippen molar-refractivity contribution in [2.24, 2.45) is 18.2 Å². The van der Waals surface area contributed by atoms with Crippen LogP contribution in [0.25, 0.3) is 11.3 Å². The third kappa shape index (κ3) is 2.99. The van der Waals surface area contributed by atoms with Gasteiger partial charge in [0.05, 0.1) is 5.69 Å². The van der Waals surface area contributed by atoms with E-state index in [4.69, 9.17) is 5.73 Å². The number of likely N-dealkylation sites (tertiary alicyclic amines) is 1. The second kappa shape index (κ2) is 5.58. The SMILES string of the molecule is Cn1cc(CN2CCC(C)(CN)C2)c(-c2ccncc2)n1. The van der Waals surface area contributed by atoms with Crippen molar-refractivity contribution in [1.29, 1.82) is 0 Å². The highest BCUT2D eigenvalue weighted by Crippen LogP contribution is 2.31. The van der Waals surface area contributed by atoms with Crippen LogP contribution in [0.15, 0.2) is 30.7 Å². The highest BCUT2D eigenvalue weighted by atomic mass is 15.3. The van der Waals surface area contributed by atoms with Gasteiger partial charge in [-0.3, -0.25) is 14.6 Å². The number of hydrogen-bond acceptors (Lipinski definition) is 4. The van der Waals surface area contributed by atoms with Crippen molar-refractivity contribution in [3.63, 3.8) is 0 Å². The molecule has 0 aromatic carbocycles. The zero-order valence-electron chi connectivity index (χ0n) is 12.8. The Kier molecular flexibility index (Phi) is 3.78. The lowest BCUT2D eigenvalue weighted by Gasteiger charge is -2.22. The Labute approximate surface area is 125 Å². The van der Waals surface area contributed by atoms with E-state index in [0.29, 0.717) is 0 Å². The highest BCUT2D eigenvalue weighted by Gasteiger charge is 2.32. The fraction of sp³-hybridized carbons (Fsp3) is 0.500. The van der Waals surface area contributed by atoms with Gasteiger partial charge in [-0.1, -0.05) is 6.92 Å². The molecule has 3 heterocycles. The van der Waals surface area contributed by atoms with Crippen molar-refractivity contribution in [3.8, 4) is 11.3 Å². The monoisotopic (exact) mass is 285 g/mol. The van der Waals surface area contributed by atoms with Crippen molar-refractivity contribution in [2.45, 2.75) is 19.9 Å². The quantitative estimate of drug-likeness (QED) is 0.928. The lowest BCUT2D eigenvalue weighted by Crippen LogP contribution is -2.31. The third-order valence-corrected chi connectivity index (χ3v) is 4.38. The predicted octanol–water partition coefficient (Wildman–Crippen LogP) is 1.65. The summed E-state index contributed by atoms with van der Waals surface area (Å²) in [4.78, 5) is 6.56. The van der Waals surface area contributed by atoms with Crippen molar-refractivity contribution in [2.75, 3.05) is 19.6 Å². The van der Waals surface area contributed by atoms with Crippen LogP contribution in [0.3, 0.4) is 0 Å². The molecule has 1 aliphatic heterocycles. The number of nitrogens with zero attached hydrogens (tertiary/aromatic N) is 4.